The summed E-state index contributed by atoms with van der Waals surface area (Å²) in [5.41, 5.74) is 1.95. The normalized spacial score (nSPS) is 23.1. The fourth-order valence-corrected chi connectivity index (χ4v) is 5.68. The fourth-order valence-electron chi connectivity index (χ4n) is 5.05. The van der Waals surface area contributed by atoms with Crippen LogP contribution in [0.1, 0.15) is 55.2 Å². The van der Waals surface area contributed by atoms with E-state index >= 15 is 0 Å². The van der Waals surface area contributed by atoms with Crippen LogP contribution in [0.3, 0.4) is 0 Å². The van der Waals surface area contributed by atoms with E-state index in [2.05, 4.69) is 20.9 Å². The summed E-state index contributed by atoms with van der Waals surface area (Å²) in [7, 11) is 0. The highest BCUT2D eigenvalue weighted by Gasteiger charge is 2.31. The SMILES string of the molecule is CC(=O)N[C@H]1CC(=O)N2CCCC(CCOc3ccc(C)c(c3)CNC(=O)C(CCc3nccs3)NC1=O)C2. The molecule has 0 saturated carbocycles. The van der Waals surface area contributed by atoms with Crippen LogP contribution in [-0.4, -0.2) is 65.3 Å². The number of piperidine rings is 1. The van der Waals surface area contributed by atoms with E-state index < -0.39 is 23.9 Å². The molecule has 3 heterocycles. The molecular formula is C28H37N5O5S. The lowest BCUT2D eigenvalue weighted by Gasteiger charge is -2.34. The van der Waals surface area contributed by atoms with Gasteiger partial charge in [-0.25, -0.2) is 4.98 Å². The standard InChI is InChI=1S/C28H37N5O5S/c1-18-5-6-22-14-21(18)16-30-27(36)23(7-8-25-29-10-13-39-25)32-28(37)24(31-19(2)34)15-26(35)33-11-3-4-20(17-33)9-12-38-22/h5-6,10,13-14,20,23-24H,3-4,7-9,11-12,15-17H2,1-2H3,(H,30,36)(H,31,34)(H,32,37)/t20?,23?,24-/m0/s1. The minimum absolute atomic E-state index is 0.167. The first kappa shape index (κ1) is 28.5. The second-order valence-electron chi connectivity index (χ2n) is 10.3. The summed E-state index contributed by atoms with van der Waals surface area (Å²) in [6.07, 6.45) is 5.04. The molecule has 2 aromatic rings. The molecule has 0 aliphatic carbocycles. The average molecular weight is 556 g/mol. The summed E-state index contributed by atoms with van der Waals surface area (Å²) in [5, 5.41) is 11.1. The van der Waals surface area contributed by atoms with Gasteiger partial charge in [0.15, 0.2) is 0 Å². The van der Waals surface area contributed by atoms with E-state index in [-0.39, 0.29) is 24.8 Å². The van der Waals surface area contributed by atoms with Crippen LogP contribution in [0.15, 0.2) is 29.8 Å². The molecule has 1 aromatic heterocycles. The zero-order valence-corrected chi connectivity index (χ0v) is 23.4. The third-order valence-corrected chi connectivity index (χ3v) is 8.12. The number of thiazole rings is 1. The van der Waals surface area contributed by atoms with Gasteiger partial charge >= 0.3 is 0 Å². The molecule has 2 unspecified atom stereocenters. The van der Waals surface area contributed by atoms with Crippen LogP contribution in [0.25, 0.3) is 0 Å². The Morgan fingerprint density at radius 1 is 1.23 bits per heavy atom. The third-order valence-electron chi connectivity index (χ3n) is 7.28. The molecule has 4 amide bonds. The number of hydrogen-bond acceptors (Lipinski definition) is 7. The molecular weight excluding hydrogens is 518 g/mol. The molecule has 0 radical (unpaired) electrons. The second kappa shape index (κ2) is 13.5. The summed E-state index contributed by atoms with van der Waals surface area (Å²) < 4.78 is 6.04. The summed E-state index contributed by atoms with van der Waals surface area (Å²) in [5.74, 6) is -0.478. The highest BCUT2D eigenvalue weighted by Crippen LogP contribution is 2.23. The lowest BCUT2D eigenvalue weighted by Crippen LogP contribution is -2.55. The Bertz CT molecular complexity index is 1170. The number of ether oxygens (including phenoxy) is 1. The number of nitrogens with zero attached hydrogens (tertiary/aromatic N) is 2. The predicted molar refractivity (Wildman–Crippen MR) is 147 cm³/mol. The van der Waals surface area contributed by atoms with E-state index in [4.69, 9.17) is 4.74 Å². The number of carbonyl (C=O) groups excluding carboxylic acids is 4. The molecule has 10 nitrogen and oxygen atoms in total. The van der Waals surface area contributed by atoms with Crippen molar-refractivity contribution in [3.05, 3.63) is 45.9 Å². The number of fused-ring (bicyclic) bond motifs is 4. The monoisotopic (exact) mass is 555 g/mol. The van der Waals surface area contributed by atoms with E-state index in [0.29, 0.717) is 38.5 Å². The maximum absolute atomic E-state index is 13.4. The predicted octanol–water partition coefficient (Wildman–Crippen LogP) is 2.10. The Labute approximate surface area is 232 Å². The third kappa shape index (κ3) is 8.26. The van der Waals surface area contributed by atoms with Gasteiger partial charge in [0, 0.05) is 44.6 Å². The number of aromatic nitrogens is 1. The number of benzene rings is 1. The highest BCUT2D eigenvalue weighted by atomic mass is 32.1. The molecule has 3 N–H and O–H groups in total. The van der Waals surface area contributed by atoms with Crippen molar-refractivity contribution in [3.63, 3.8) is 0 Å². The van der Waals surface area contributed by atoms with Gasteiger partial charge in [0.1, 0.15) is 17.8 Å². The number of hydrogen-bond donors (Lipinski definition) is 3. The molecule has 2 aliphatic heterocycles. The fraction of sp³-hybridized carbons (Fsp3) is 0.536. The van der Waals surface area contributed by atoms with E-state index in [9.17, 15) is 19.2 Å². The van der Waals surface area contributed by atoms with Gasteiger partial charge < -0.3 is 25.6 Å². The first-order valence-electron chi connectivity index (χ1n) is 13.5. The Balaban J connectivity index is 1.58. The van der Waals surface area contributed by atoms with Crippen molar-refractivity contribution in [1.82, 2.24) is 25.8 Å². The lowest BCUT2D eigenvalue weighted by atomic mass is 9.94. The van der Waals surface area contributed by atoms with Crippen molar-refractivity contribution in [1.29, 1.82) is 0 Å². The van der Waals surface area contributed by atoms with Crippen LogP contribution in [0.2, 0.25) is 0 Å². The van der Waals surface area contributed by atoms with Crippen LogP contribution >= 0.6 is 11.3 Å². The topological polar surface area (TPSA) is 130 Å². The molecule has 1 aromatic carbocycles. The van der Waals surface area contributed by atoms with Crippen molar-refractivity contribution >= 4 is 35.0 Å². The molecule has 1 fully saturated rings. The van der Waals surface area contributed by atoms with Gasteiger partial charge in [0.05, 0.1) is 18.0 Å². The number of rotatable bonds is 4. The maximum atomic E-state index is 13.4. The number of carbonyl (C=O) groups is 4. The second-order valence-corrected chi connectivity index (χ2v) is 11.3. The zero-order valence-electron chi connectivity index (χ0n) is 22.5. The highest BCUT2D eigenvalue weighted by molar-refractivity contribution is 7.09. The molecule has 1 saturated heterocycles. The van der Waals surface area contributed by atoms with E-state index in [0.717, 1.165) is 41.1 Å². The minimum Gasteiger partial charge on any atom is -0.494 e. The summed E-state index contributed by atoms with van der Waals surface area (Å²) in [6, 6.07) is 3.88. The number of nitrogens with one attached hydrogen (secondary N) is 3. The van der Waals surface area contributed by atoms with E-state index in [1.54, 1.807) is 11.1 Å². The van der Waals surface area contributed by atoms with Crippen LogP contribution in [0, 0.1) is 12.8 Å². The van der Waals surface area contributed by atoms with Crippen LogP contribution in [-0.2, 0) is 32.1 Å². The van der Waals surface area contributed by atoms with Crippen molar-refractivity contribution in [2.75, 3.05) is 19.7 Å². The van der Waals surface area contributed by atoms with Crippen molar-refractivity contribution in [2.24, 2.45) is 5.92 Å². The largest absolute Gasteiger partial charge is 0.494 e. The molecule has 4 bridgehead atoms. The number of aryl methyl sites for hydroxylation is 2. The maximum Gasteiger partial charge on any atom is 0.243 e. The zero-order chi connectivity index (χ0) is 27.8. The first-order valence-corrected chi connectivity index (χ1v) is 14.4. The molecule has 11 heteroatoms. The molecule has 3 atom stereocenters. The van der Waals surface area contributed by atoms with Gasteiger partial charge in [-0.3, -0.25) is 19.2 Å². The van der Waals surface area contributed by atoms with Crippen molar-refractivity contribution in [3.8, 4) is 5.75 Å². The molecule has 2 aliphatic rings. The molecule has 39 heavy (non-hydrogen) atoms. The van der Waals surface area contributed by atoms with Crippen molar-refractivity contribution < 1.29 is 23.9 Å². The number of amides is 4. The Morgan fingerprint density at radius 3 is 2.85 bits per heavy atom. The van der Waals surface area contributed by atoms with Gasteiger partial charge in [0.25, 0.3) is 0 Å². The summed E-state index contributed by atoms with van der Waals surface area (Å²) >= 11 is 1.48. The van der Waals surface area contributed by atoms with E-state index in [1.165, 1.54) is 18.3 Å². The molecule has 4 rings (SSSR count). The minimum atomic E-state index is -1.08. The van der Waals surface area contributed by atoms with Crippen LogP contribution in [0.5, 0.6) is 5.75 Å². The first-order chi connectivity index (χ1) is 18.8. The van der Waals surface area contributed by atoms with Gasteiger partial charge in [-0.15, -0.1) is 11.3 Å². The van der Waals surface area contributed by atoms with Crippen LogP contribution < -0.4 is 20.7 Å². The van der Waals surface area contributed by atoms with Gasteiger partial charge in [-0.05, 0) is 61.8 Å². The smallest absolute Gasteiger partial charge is 0.243 e. The van der Waals surface area contributed by atoms with Gasteiger partial charge in [-0.2, -0.15) is 0 Å². The van der Waals surface area contributed by atoms with Gasteiger partial charge in [0.2, 0.25) is 23.6 Å². The van der Waals surface area contributed by atoms with Crippen LogP contribution in [0.4, 0.5) is 0 Å². The van der Waals surface area contributed by atoms with Gasteiger partial charge in [-0.1, -0.05) is 6.07 Å². The Morgan fingerprint density at radius 2 is 2.08 bits per heavy atom. The quantitative estimate of drug-likeness (QED) is 0.530. The average Bonchev–Trinajstić information content (AvgIpc) is 3.43. The van der Waals surface area contributed by atoms with E-state index in [1.807, 2.05) is 30.5 Å². The summed E-state index contributed by atoms with van der Waals surface area (Å²) in [6.45, 7) is 5.29. The Kier molecular flexibility index (Phi) is 9.91. The lowest BCUT2D eigenvalue weighted by molar-refractivity contribution is -0.138. The molecule has 210 valence electrons. The Hall–Kier alpha value is -3.47. The van der Waals surface area contributed by atoms with Crippen molar-refractivity contribution in [2.45, 2.75) is 71.0 Å². The summed E-state index contributed by atoms with van der Waals surface area (Å²) in [4.78, 5) is 57.9. The molecule has 0 spiro atoms.